The topological polar surface area (TPSA) is 76.1 Å². The molecule has 0 radical (unpaired) electrons. The van der Waals surface area contributed by atoms with Crippen molar-refractivity contribution in [2.75, 3.05) is 11.6 Å². The van der Waals surface area contributed by atoms with Gasteiger partial charge in [0.1, 0.15) is 0 Å². The zero-order valence-corrected chi connectivity index (χ0v) is 15.4. The van der Waals surface area contributed by atoms with Crippen molar-refractivity contribution in [3.8, 4) is 0 Å². The van der Waals surface area contributed by atoms with Crippen molar-refractivity contribution in [1.82, 2.24) is 4.98 Å². The van der Waals surface area contributed by atoms with Crippen molar-refractivity contribution in [1.29, 1.82) is 0 Å². The molecule has 7 heteroatoms. The third kappa shape index (κ3) is 2.95. The summed E-state index contributed by atoms with van der Waals surface area (Å²) in [7, 11) is -3.50. The lowest BCUT2D eigenvalue weighted by atomic mass is 10.1. The van der Waals surface area contributed by atoms with Crippen LogP contribution in [0.15, 0.2) is 65.6 Å². The van der Waals surface area contributed by atoms with E-state index in [1.54, 1.807) is 12.1 Å². The summed E-state index contributed by atoms with van der Waals surface area (Å²) in [5, 5.41) is 5.25. The van der Waals surface area contributed by atoms with Crippen LogP contribution < -0.4 is 5.32 Å². The number of amides is 1. The molecule has 4 rings (SSSR count). The Labute approximate surface area is 154 Å². The molecule has 26 heavy (non-hydrogen) atoms. The predicted octanol–water partition coefficient (Wildman–Crippen LogP) is 4.11. The third-order valence-corrected chi connectivity index (χ3v) is 6.13. The van der Waals surface area contributed by atoms with Crippen molar-refractivity contribution in [3.63, 3.8) is 0 Å². The van der Waals surface area contributed by atoms with Crippen molar-refractivity contribution in [2.24, 2.45) is 0 Å². The number of fused-ring (bicyclic) bond motifs is 3. The number of benzene rings is 3. The molecule has 1 N–H and O–H groups in total. The molecule has 0 saturated carbocycles. The molecule has 0 unspecified atom stereocenters. The maximum atomic E-state index is 12.6. The van der Waals surface area contributed by atoms with E-state index in [9.17, 15) is 13.2 Å². The van der Waals surface area contributed by atoms with Crippen molar-refractivity contribution < 1.29 is 13.2 Å². The molecule has 1 heterocycles. The van der Waals surface area contributed by atoms with Crippen LogP contribution in [-0.4, -0.2) is 25.6 Å². The molecule has 3 aromatic carbocycles. The van der Waals surface area contributed by atoms with Gasteiger partial charge in [0, 0.05) is 11.6 Å². The summed E-state index contributed by atoms with van der Waals surface area (Å²) in [5.74, 6) is -0.491. The summed E-state index contributed by atoms with van der Waals surface area (Å²) in [6.07, 6.45) is 1.09. The standard InChI is InChI=1S/C19H14N2O3S2/c1-26(23,24)16-9-5-4-8-14(16)18(22)21-19-20-17-13-7-3-2-6-12(13)10-11-15(17)25-19/h2-11H,1H3,(H,20,21,22). The first-order valence-electron chi connectivity index (χ1n) is 7.82. The van der Waals surface area contributed by atoms with Crippen LogP contribution >= 0.6 is 11.3 Å². The first-order valence-corrected chi connectivity index (χ1v) is 10.5. The summed E-state index contributed by atoms with van der Waals surface area (Å²) in [6, 6.07) is 18.0. The Bertz CT molecular complexity index is 1260. The predicted molar refractivity (Wildman–Crippen MR) is 105 cm³/mol. The van der Waals surface area contributed by atoms with E-state index in [2.05, 4.69) is 10.3 Å². The summed E-state index contributed by atoms with van der Waals surface area (Å²) in [4.78, 5) is 17.2. The van der Waals surface area contributed by atoms with Crippen LogP contribution in [0.2, 0.25) is 0 Å². The van der Waals surface area contributed by atoms with Crippen LogP contribution in [0, 0.1) is 0 Å². The summed E-state index contributed by atoms with van der Waals surface area (Å²) < 4.78 is 24.8. The van der Waals surface area contributed by atoms with Gasteiger partial charge in [-0.2, -0.15) is 0 Å². The second-order valence-corrected chi connectivity index (χ2v) is 8.89. The van der Waals surface area contributed by atoms with E-state index in [1.165, 1.54) is 23.5 Å². The van der Waals surface area contributed by atoms with Crippen LogP contribution in [0.4, 0.5) is 5.13 Å². The molecule has 5 nitrogen and oxygen atoms in total. The number of nitrogens with zero attached hydrogens (tertiary/aromatic N) is 1. The van der Waals surface area contributed by atoms with Gasteiger partial charge in [0.2, 0.25) is 0 Å². The van der Waals surface area contributed by atoms with E-state index >= 15 is 0 Å². The average Bonchev–Trinajstić information content (AvgIpc) is 3.04. The minimum Gasteiger partial charge on any atom is -0.298 e. The molecule has 0 aliphatic carbocycles. The molecule has 130 valence electrons. The molecule has 4 aromatic rings. The highest BCUT2D eigenvalue weighted by Crippen LogP contribution is 2.32. The van der Waals surface area contributed by atoms with Crippen LogP contribution in [0.5, 0.6) is 0 Å². The molecular weight excluding hydrogens is 368 g/mol. The number of nitrogens with one attached hydrogen (secondary N) is 1. The van der Waals surface area contributed by atoms with E-state index in [1.807, 2.05) is 36.4 Å². The number of aromatic nitrogens is 1. The second kappa shape index (κ2) is 6.19. The van der Waals surface area contributed by atoms with E-state index in [0.717, 1.165) is 27.2 Å². The Morgan fingerprint density at radius 1 is 1.00 bits per heavy atom. The number of hydrogen-bond donors (Lipinski definition) is 1. The molecule has 0 aliphatic rings. The lowest BCUT2D eigenvalue weighted by molar-refractivity contribution is 0.102. The van der Waals surface area contributed by atoms with Gasteiger partial charge < -0.3 is 0 Å². The molecule has 0 atom stereocenters. The molecule has 1 amide bonds. The smallest absolute Gasteiger partial charge is 0.258 e. The SMILES string of the molecule is CS(=O)(=O)c1ccccc1C(=O)Nc1nc2c(ccc3ccccc32)s1. The second-order valence-electron chi connectivity index (χ2n) is 5.87. The fraction of sp³-hybridized carbons (Fsp3) is 0.0526. The fourth-order valence-corrected chi connectivity index (χ4v) is 4.62. The number of anilines is 1. The lowest BCUT2D eigenvalue weighted by Gasteiger charge is -2.06. The highest BCUT2D eigenvalue weighted by atomic mass is 32.2. The van der Waals surface area contributed by atoms with Gasteiger partial charge in [-0.05, 0) is 23.6 Å². The van der Waals surface area contributed by atoms with Gasteiger partial charge in [-0.3, -0.25) is 10.1 Å². The van der Waals surface area contributed by atoms with Gasteiger partial charge in [-0.15, -0.1) is 0 Å². The maximum Gasteiger partial charge on any atom is 0.258 e. The third-order valence-electron chi connectivity index (χ3n) is 4.04. The zero-order valence-electron chi connectivity index (χ0n) is 13.8. The Kier molecular flexibility index (Phi) is 3.97. The van der Waals surface area contributed by atoms with Gasteiger partial charge >= 0.3 is 0 Å². The van der Waals surface area contributed by atoms with Gasteiger partial charge in [0.05, 0.1) is 20.7 Å². The Morgan fingerprint density at radius 2 is 1.73 bits per heavy atom. The van der Waals surface area contributed by atoms with E-state index in [-0.39, 0.29) is 10.5 Å². The molecule has 0 aliphatic heterocycles. The number of carbonyl (C=O) groups excluding carboxylic acids is 1. The zero-order chi connectivity index (χ0) is 18.3. The molecule has 1 aromatic heterocycles. The van der Waals surface area contributed by atoms with Crippen LogP contribution in [-0.2, 0) is 9.84 Å². The minimum absolute atomic E-state index is 0.00376. The van der Waals surface area contributed by atoms with Gasteiger partial charge in [0.15, 0.2) is 15.0 Å². The summed E-state index contributed by atoms with van der Waals surface area (Å²) in [5.41, 5.74) is 0.930. The van der Waals surface area contributed by atoms with Crippen LogP contribution in [0.3, 0.4) is 0 Å². The molecule has 0 saturated heterocycles. The number of sulfone groups is 1. The van der Waals surface area contributed by atoms with Crippen molar-refractivity contribution >= 4 is 53.2 Å². The number of thiazole rings is 1. The van der Waals surface area contributed by atoms with E-state index in [4.69, 9.17) is 0 Å². The molecule has 0 spiro atoms. The van der Waals surface area contributed by atoms with E-state index < -0.39 is 15.7 Å². The lowest BCUT2D eigenvalue weighted by Crippen LogP contribution is -2.15. The van der Waals surface area contributed by atoms with Gasteiger partial charge in [-0.25, -0.2) is 13.4 Å². The number of rotatable bonds is 3. The fourth-order valence-electron chi connectivity index (χ4n) is 2.86. The molecule has 0 fully saturated rings. The van der Waals surface area contributed by atoms with Crippen LogP contribution in [0.1, 0.15) is 10.4 Å². The average molecular weight is 382 g/mol. The van der Waals surface area contributed by atoms with Crippen molar-refractivity contribution in [3.05, 3.63) is 66.2 Å². The van der Waals surface area contributed by atoms with Gasteiger partial charge in [0.25, 0.3) is 5.91 Å². The number of hydrogen-bond acceptors (Lipinski definition) is 5. The largest absolute Gasteiger partial charge is 0.298 e. The Balaban J connectivity index is 1.74. The molecular formula is C19H14N2O3S2. The highest BCUT2D eigenvalue weighted by molar-refractivity contribution is 7.90. The summed E-state index contributed by atoms with van der Waals surface area (Å²) in [6.45, 7) is 0. The quantitative estimate of drug-likeness (QED) is 0.579. The first-order chi connectivity index (χ1) is 12.4. The van der Waals surface area contributed by atoms with Crippen molar-refractivity contribution in [2.45, 2.75) is 4.90 Å². The van der Waals surface area contributed by atoms with E-state index in [0.29, 0.717) is 5.13 Å². The maximum absolute atomic E-state index is 12.6. The Morgan fingerprint density at radius 3 is 2.54 bits per heavy atom. The normalized spacial score (nSPS) is 11.7. The Hall–Kier alpha value is -2.77. The monoisotopic (exact) mass is 382 g/mol. The molecule has 0 bridgehead atoms. The number of carbonyl (C=O) groups is 1. The minimum atomic E-state index is -3.50. The van der Waals surface area contributed by atoms with Gasteiger partial charge in [-0.1, -0.05) is 53.8 Å². The first kappa shape index (κ1) is 16.7. The summed E-state index contributed by atoms with van der Waals surface area (Å²) >= 11 is 1.36. The van der Waals surface area contributed by atoms with Crippen LogP contribution in [0.25, 0.3) is 21.0 Å². The highest BCUT2D eigenvalue weighted by Gasteiger charge is 2.19.